The van der Waals surface area contributed by atoms with Gasteiger partial charge in [-0.2, -0.15) is 10.4 Å². The Bertz CT molecular complexity index is 1280. The van der Waals surface area contributed by atoms with Crippen LogP contribution in [0.4, 0.5) is 5.69 Å². The average Bonchev–Trinajstić information content (AvgIpc) is 3.17. The largest absolute Gasteiger partial charge is 0.322 e. The molecule has 140 valence electrons. The monoisotopic (exact) mass is 380 g/mol. The number of nitriles is 1. The number of carbonyl (C=O) groups excluding carboxylic acids is 1. The molecule has 29 heavy (non-hydrogen) atoms. The van der Waals surface area contributed by atoms with Gasteiger partial charge in [0.2, 0.25) is 0 Å². The van der Waals surface area contributed by atoms with Crippen LogP contribution in [0.3, 0.4) is 0 Å². The van der Waals surface area contributed by atoms with Gasteiger partial charge in [0.15, 0.2) is 5.82 Å². The molecule has 2 aromatic heterocycles. The summed E-state index contributed by atoms with van der Waals surface area (Å²) in [7, 11) is 0. The van der Waals surface area contributed by atoms with Gasteiger partial charge in [-0.15, -0.1) is 0 Å². The van der Waals surface area contributed by atoms with Crippen molar-refractivity contribution in [2.45, 2.75) is 6.92 Å². The molecule has 0 atom stereocenters. The van der Waals surface area contributed by atoms with Crippen molar-refractivity contribution in [3.8, 4) is 11.9 Å². The van der Waals surface area contributed by atoms with E-state index in [1.807, 2.05) is 12.1 Å². The molecule has 2 aromatic carbocycles. The van der Waals surface area contributed by atoms with E-state index in [9.17, 15) is 10.1 Å². The van der Waals surface area contributed by atoms with Gasteiger partial charge in [-0.25, -0.2) is 14.6 Å². The van der Waals surface area contributed by atoms with Gasteiger partial charge in [-0.3, -0.25) is 4.79 Å². The third-order valence-electron chi connectivity index (χ3n) is 4.47. The molecule has 0 radical (unpaired) electrons. The Morgan fingerprint density at radius 3 is 2.83 bits per heavy atom. The van der Waals surface area contributed by atoms with E-state index in [2.05, 4.69) is 33.0 Å². The minimum absolute atomic E-state index is 0.312. The van der Waals surface area contributed by atoms with Crippen LogP contribution in [0.2, 0.25) is 0 Å². The molecule has 7 nitrogen and oxygen atoms in total. The lowest BCUT2D eigenvalue weighted by Gasteiger charge is -2.12. The third-order valence-corrected chi connectivity index (χ3v) is 4.47. The van der Waals surface area contributed by atoms with Gasteiger partial charge in [0.1, 0.15) is 6.33 Å². The maximum atomic E-state index is 12.9. The van der Waals surface area contributed by atoms with E-state index in [4.69, 9.17) is 0 Å². The Balaban J connectivity index is 1.72. The number of nitrogens with one attached hydrogen (secondary N) is 1. The first-order chi connectivity index (χ1) is 14.1. The summed E-state index contributed by atoms with van der Waals surface area (Å²) in [5, 5.41) is 17.5. The maximum Gasteiger partial charge on any atom is 0.256 e. The summed E-state index contributed by atoms with van der Waals surface area (Å²) in [6.07, 6.45) is 4.83. The van der Waals surface area contributed by atoms with Gasteiger partial charge in [0, 0.05) is 34.5 Å². The first-order valence-corrected chi connectivity index (χ1v) is 8.83. The summed E-state index contributed by atoms with van der Waals surface area (Å²) in [6.45, 7) is 5.69. The zero-order chi connectivity index (χ0) is 20.4. The number of amides is 1. The molecule has 0 aliphatic carbocycles. The van der Waals surface area contributed by atoms with Crippen LogP contribution in [-0.4, -0.2) is 25.7 Å². The second-order valence-corrected chi connectivity index (χ2v) is 6.47. The zero-order valence-electron chi connectivity index (χ0n) is 15.6. The summed E-state index contributed by atoms with van der Waals surface area (Å²) < 4.78 is 1.68. The van der Waals surface area contributed by atoms with Crippen molar-refractivity contribution in [3.63, 3.8) is 0 Å². The number of allylic oxidation sites excluding steroid dienone is 1. The molecular weight excluding hydrogens is 364 g/mol. The van der Waals surface area contributed by atoms with Crippen LogP contribution in [0.25, 0.3) is 22.3 Å². The molecule has 0 spiro atoms. The van der Waals surface area contributed by atoms with E-state index in [1.165, 1.54) is 6.33 Å². The number of fused-ring (bicyclic) bond motifs is 1. The van der Waals surface area contributed by atoms with Crippen LogP contribution >= 0.6 is 0 Å². The topological polar surface area (TPSA) is 96.5 Å². The lowest BCUT2D eigenvalue weighted by Crippen LogP contribution is -2.14. The molecule has 1 amide bonds. The predicted octanol–water partition coefficient (Wildman–Crippen LogP) is 3.97. The Morgan fingerprint density at radius 2 is 2.10 bits per heavy atom. The highest BCUT2D eigenvalue weighted by molar-refractivity contribution is 6.08. The van der Waals surface area contributed by atoms with E-state index in [0.717, 1.165) is 10.9 Å². The molecule has 0 aliphatic heterocycles. The summed E-state index contributed by atoms with van der Waals surface area (Å²) in [6, 6.07) is 14.4. The van der Waals surface area contributed by atoms with Gasteiger partial charge in [-0.05, 0) is 42.8 Å². The Hall–Kier alpha value is -4.31. The minimum Gasteiger partial charge on any atom is -0.322 e. The molecule has 0 aliphatic rings. The SMILES string of the molecule is C=C(C)c1c(C#N)cccc1C(=O)Nc1ccc2cnn(-c3ccncn3)c2c1. The number of rotatable bonds is 4. The Morgan fingerprint density at radius 1 is 1.24 bits per heavy atom. The molecular formula is C22H16N6O. The standard InChI is InChI=1S/C22H16N6O/c1-14(2)21-15(11-23)4-3-5-18(21)22(29)27-17-7-6-16-12-26-28(19(16)10-17)20-8-9-24-13-25-20/h3-10,12-13H,1H2,2H3,(H,27,29). The molecule has 4 aromatic rings. The van der Waals surface area contributed by atoms with Crippen molar-refractivity contribution >= 4 is 28.1 Å². The van der Waals surface area contributed by atoms with Crippen molar-refractivity contribution in [1.29, 1.82) is 5.26 Å². The van der Waals surface area contributed by atoms with E-state index >= 15 is 0 Å². The van der Waals surface area contributed by atoms with Gasteiger partial charge < -0.3 is 5.32 Å². The van der Waals surface area contributed by atoms with E-state index < -0.39 is 0 Å². The number of anilines is 1. The summed E-state index contributed by atoms with van der Waals surface area (Å²) in [4.78, 5) is 21.1. The van der Waals surface area contributed by atoms with Crippen LogP contribution in [0.1, 0.15) is 28.4 Å². The smallest absolute Gasteiger partial charge is 0.256 e. The molecule has 7 heteroatoms. The van der Waals surface area contributed by atoms with E-state index in [0.29, 0.717) is 33.8 Å². The highest BCUT2D eigenvalue weighted by Crippen LogP contribution is 2.25. The molecule has 1 N–H and O–H groups in total. The molecule has 0 saturated heterocycles. The fourth-order valence-electron chi connectivity index (χ4n) is 3.18. The van der Waals surface area contributed by atoms with Crippen LogP contribution in [0.5, 0.6) is 0 Å². The number of carbonyl (C=O) groups is 1. The van der Waals surface area contributed by atoms with Crippen molar-refractivity contribution in [2.24, 2.45) is 0 Å². The van der Waals surface area contributed by atoms with Crippen molar-refractivity contribution in [3.05, 3.63) is 84.5 Å². The zero-order valence-corrected chi connectivity index (χ0v) is 15.6. The van der Waals surface area contributed by atoms with Crippen LogP contribution in [0, 0.1) is 11.3 Å². The van der Waals surface area contributed by atoms with Crippen molar-refractivity contribution < 1.29 is 4.79 Å². The first-order valence-electron chi connectivity index (χ1n) is 8.83. The van der Waals surface area contributed by atoms with E-state index in [1.54, 1.807) is 54.3 Å². The lowest BCUT2D eigenvalue weighted by molar-refractivity contribution is 0.102. The second kappa shape index (κ2) is 7.37. The third kappa shape index (κ3) is 3.35. The summed E-state index contributed by atoms with van der Waals surface area (Å²) in [5.74, 6) is 0.317. The van der Waals surface area contributed by atoms with E-state index in [-0.39, 0.29) is 5.91 Å². The van der Waals surface area contributed by atoms with Gasteiger partial charge in [-0.1, -0.05) is 12.6 Å². The molecule has 0 saturated carbocycles. The quantitative estimate of drug-likeness (QED) is 0.578. The van der Waals surface area contributed by atoms with Crippen molar-refractivity contribution in [1.82, 2.24) is 19.7 Å². The number of nitrogens with zero attached hydrogens (tertiary/aromatic N) is 5. The van der Waals surface area contributed by atoms with Crippen molar-refractivity contribution in [2.75, 3.05) is 5.32 Å². The van der Waals surface area contributed by atoms with Gasteiger partial charge >= 0.3 is 0 Å². The average molecular weight is 380 g/mol. The lowest BCUT2D eigenvalue weighted by atomic mass is 9.96. The van der Waals surface area contributed by atoms with Gasteiger partial charge in [0.05, 0.1) is 23.3 Å². The molecule has 2 heterocycles. The Kier molecular flexibility index (Phi) is 4.59. The Labute approximate surface area is 167 Å². The fraction of sp³-hybridized carbons (Fsp3) is 0.0455. The van der Waals surface area contributed by atoms with Crippen LogP contribution in [0.15, 0.2) is 67.8 Å². The second-order valence-electron chi connectivity index (χ2n) is 6.47. The minimum atomic E-state index is -0.312. The number of benzene rings is 2. The van der Waals surface area contributed by atoms with Crippen LogP contribution in [-0.2, 0) is 0 Å². The molecule has 0 fully saturated rings. The molecule has 0 unspecified atom stereocenters. The number of hydrogen-bond acceptors (Lipinski definition) is 5. The fourth-order valence-corrected chi connectivity index (χ4v) is 3.18. The normalized spacial score (nSPS) is 10.5. The highest BCUT2D eigenvalue weighted by atomic mass is 16.1. The van der Waals surface area contributed by atoms with Gasteiger partial charge in [0.25, 0.3) is 5.91 Å². The highest BCUT2D eigenvalue weighted by Gasteiger charge is 2.16. The maximum absolute atomic E-state index is 12.9. The number of aromatic nitrogens is 4. The first kappa shape index (κ1) is 18.1. The molecule has 0 bridgehead atoms. The summed E-state index contributed by atoms with van der Waals surface area (Å²) in [5.41, 5.74) is 3.44. The molecule has 4 rings (SSSR count). The predicted molar refractivity (Wildman–Crippen MR) is 110 cm³/mol. The number of hydrogen-bond donors (Lipinski definition) is 1. The van der Waals surface area contributed by atoms with Crippen LogP contribution < -0.4 is 5.32 Å². The summed E-state index contributed by atoms with van der Waals surface area (Å²) >= 11 is 0.